The minimum Gasteiger partial charge on any atom is -0.394 e. The summed E-state index contributed by atoms with van der Waals surface area (Å²) in [6.07, 6.45) is 8.03. The number of carbonyl (C=O) groups excluding carboxylic acids is 1. The van der Waals surface area contributed by atoms with Gasteiger partial charge in [-0.1, -0.05) is 19.3 Å². The Labute approximate surface area is 103 Å². The van der Waals surface area contributed by atoms with Crippen LogP contribution in [0.25, 0.3) is 0 Å². The van der Waals surface area contributed by atoms with Crippen LogP contribution in [0.15, 0.2) is 0 Å². The van der Waals surface area contributed by atoms with Gasteiger partial charge in [-0.25, -0.2) is 0 Å². The van der Waals surface area contributed by atoms with E-state index in [1.54, 1.807) is 0 Å². The lowest BCUT2D eigenvalue weighted by atomic mass is 9.82. The monoisotopic (exact) mass is 240 g/mol. The number of nitrogens with one attached hydrogen (secondary N) is 2. The van der Waals surface area contributed by atoms with E-state index in [0.29, 0.717) is 6.54 Å². The van der Waals surface area contributed by atoms with Gasteiger partial charge in [0, 0.05) is 12.1 Å². The molecule has 0 aromatic heterocycles. The van der Waals surface area contributed by atoms with Crippen molar-refractivity contribution in [1.29, 1.82) is 0 Å². The fourth-order valence-electron chi connectivity index (χ4n) is 2.53. The first-order chi connectivity index (χ1) is 8.24. The average molecular weight is 240 g/mol. The van der Waals surface area contributed by atoms with Crippen LogP contribution in [-0.4, -0.2) is 36.2 Å². The summed E-state index contributed by atoms with van der Waals surface area (Å²) in [5.41, 5.74) is -0.199. The molecule has 0 aromatic rings. The Morgan fingerprint density at radius 3 is 2.53 bits per heavy atom. The minimum atomic E-state index is -0.199. The standard InChI is InChI=1S/C13H24N2O2/c16-10-13(6-2-1-3-7-13)15-9-12(17)14-8-11-4-5-11/h11,15-16H,1-10H2,(H,14,17). The Bertz CT molecular complexity index is 258. The van der Waals surface area contributed by atoms with E-state index < -0.39 is 0 Å². The van der Waals surface area contributed by atoms with Gasteiger partial charge in [-0.15, -0.1) is 0 Å². The highest BCUT2D eigenvalue weighted by Crippen LogP contribution is 2.28. The Kier molecular flexibility index (Phi) is 4.40. The molecule has 3 N–H and O–H groups in total. The second-order valence-corrected chi connectivity index (χ2v) is 5.60. The van der Waals surface area contributed by atoms with Crippen LogP contribution in [0.3, 0.4) is 0 Å². The number of aliphatic hydroxyl groups excluding tert-OH is 1. The second-order valence-electron chi connectivity index (χ2n) is 5.60. The topological polar surface area (TPSA) is 61.4 Å². The van der Waals surface area contributed by atoms with E-state index in [-0.39, 0.29) is 18.1 Å². The van der Waals surface area contributed by atoms with Crippen LogP contribution in [-0.2, 0) is 4.79 Å². The highest BCUT2D eigenvalue weighted by atomic mass is 16.3. The van der Waals surface area contributed by atoms with Gasteiger partial charge in [0.2, 0.25) is 5.91 Å². The number of hydrogen-bond acceptors (Lipinski definition) is 3. The van der Waals surface area contributed by atoms with Gasteiger partial charge in [0.25, 0.3) is 0 Å². The predicted octanol–water partition coefficient (Wildman–Crippen LogP) is 0.797. The molecule has 0 bridgehead atoms. The summed E-state index contributed by atoms with van der Waals surface area (Å²) < 4.78 is 0. The molecule has 2 aliphatic rings. The van der Waals surface area contributed by atoms with Crippen molar-refractivity contribution in [2.24, 2.45) is 5.92 Å². The predicted molar refractivity (Wildman–Crippen MR) is 66.6 cm³/mol. The highest BCUT2D eigenvalue weighted by molar-refractivity contribution is 5.78. The summed E-state index contributed by atoms with van der Waals surface area (Å²) in [6, 6.07) is 0. The van der Waals surface area contributed by atoms with Crippen molar-refractivity contribution in [3.05, 3.63) is 0 Å². The summed E-state index contributed by atoms with van der Waals surface area (Å²) >= 11 is 0. The lowest BCUT2D eigenvalue weighted by Crippen LogP contribution is -2.53. The summed E-state index contributed by atoms with van der Waals surface area (Å²) in [5.74, 6) is 0.788. The third kappa shape index (κ3) is 3.96. The fourth-order valence-corrected chi connectivity index (χ4v) is 2.53. The Morgan fingerprint density at radius 2 is 1.94 bits per heavy atom. The summed E-state index contributed by atoms with van der Waals surface area (Å²) in [7, 11) is 0. The molecule has 0 radical (unpaired) electrons. The maximum Gasteiger partial charge on any atom is 0.233 e. The second kappa shape index (κ2) is 5.83. The number of amides is 1. The highest BCUT2D eigenvalue weighted by Gasteiger charge is 2.31. The zero-order valence-electron chi connectivity index (χ0n) is 10.5. The first-order valence-corrected chi connectivity index (χ1v) is 6.87. The summed E-state index contributed by atoms with van der Waals surface area (Å²) in [5, 5.41) is 15.7. The molecule has 2 saturated carbocycles. The first kappa shape index (κ1) is 12.8. The quantitative estimate of drug-likeness (QED) is 0.643. The maximum atomic E-state index is 11.6. The molecule has 0 aromatic carbocycles. The van der Waals surface area contributed by atoms with Crippen molar-refractivity contribution in [3.8, 4) is 0 Å². The van der Waals surface area contributed by atoms with Gasteiger partial charge < -0.3 is 15.7 Å². The largest absolute Gasteiger partial charge is 0.394 e. The number of rotatable bonds is 6. The van der Waals surface area contributed by atoms with Crippen LogP contribution in [0.5, 0.6) is 0 Å². The van der Waals surface area contributed by atoms with Crippen LogP contribution >= 0.6 is 0 Å². The molecule has 2 rings (SSSR count). The molecule has 0 unspecified atom stereocenters. The van der Waals surface area contributed by atoms with E-state index in [1.807, 2.05) is 0 Å². The Morgan fingerprint density at radius 1 is 1.24 bits per heavy atom. The molecule has 2 aliphatic carbocycles. The van der Waals surface area contributed by atoms with Crippen LogP contribution in [0.2, 0.25) is 0 Å². The van der Waals surface area contributed by atoms with Crippen molar-refractivity contribution >= 4 is 5.91 Å². The van der Waals surface area contributed by atoms with Crippen molar-refractivity contribution in [2.75, 3.05) is 19.7 Å². The van der Waals surface area contributed by atoms with Crippen molar-refractivity contribution in [2.45, 2.75) is 50.5 Å². The molecule has 0 atom stereocenters. The SMILES string of the molecule is O=C(CNC1(CO)CCCCC1)NCC1CC1. The lowest BCUT2D eigenvalue weighted by Gasteiger charge is -2.36. The zero-order chi connectivity index (χ0) is 12.1. The molecular formula is C13H24N2O2. The smallest absolute Gasteiger partial charge is 0.233 e. The molecule has 98 valence electrons. The van der Waals surface area contributed by atoms with E-state index in [2.05, 4.69) is 10.6 Å². The van der Waals surface area contributed by atoms with E-state index in [9.17, 15) is 9.90 Å². The van der Waals surface area contributed by atoms with Gasteiger partial charge in [0.15, 0.2) is 0 Å². The molecule has 0 aliphatic heterocycles. The molecule has 4 heteroatoms. The minimum absolute atomic E-state index is 0.0651. The molecule has 17 heavy (non-hydrogen) atoms. The molecule has 4 nitrogen and oxygen atoms in total. The number of hydrogen-bond donors (Lipinski definition) is 3. The lowest BCUT2D eigenvalue weighted by molar-refractivity contribution is -0.120. The molecule has 0 heterocycles. The summed E-state index contributed by atoms with van der Waals surface area (Å²) in [4.78, 5) is 11.6. The molecule has 2 fully saturated rings. The van der Waals surface area contributed by atoms with Crippen molar-refractivity contribution < 1.29 is 9.90 Å². The van der Waals surface area contributed by atoms with Gasteiger partial charge >= 0.3 is 0 Å². The van der Waals surface area contributed by atoms with Gasteiger partial charge in [0.05, 0.1) is 13.2 Å². The average Bonchev–Trinajstić information content (AvgIpc) is 3.19. The first-order valence-electron chi connectivity index (χ1n) is 6.87. The number of aliphatic hydroxyl groups is 1. The third-order valence-corrected chi connectivity index (χ3v) is 4.02. The normalized spacial score (nSPS) is 23.4. The van der Waals surface area contributed by atoms with Gasteiger partial charge in [-0.2, -0.15) is 0 Å². The molecule has 0 saturated heterocycles. The van der Waals surface area contributed by atoms with Crippen molar-refractivity contribution in [1.82, 2.24) is 10.6 Å². The third-order valence-electron chi connectivity index (χ3n) is 4.02. The van der Waals surface area contributed by atoms with Crippen LogP contribution in [0, 0.1) is 5.92 Å². The van der Waals surface area contributed by atoms with E-state index in [4.69, 9.17) is 0 Å². The van der Waals surface area contributed by atoms with Crippen LogP contribution < -0.4 is 10.6 Å². The summed E-state index contributed by atoms with van der Waals surface area (Å²) in [6.45, 7) is 1.31. The Balaban J connectivity index is 1.68. The van der Waals surface area contributed by atoms with Gasteiger partial charge in [-0.3, -0.25) is 4.79 Å². The fraction of sp³-hybridized carbons (Fsp3) is 0.923. The molecule has 1 amide bonds. The Hall–Kier alpha value is -0.610. The number of carbonyl (C=O) groups is 1. The molecule has 0 spiro atoms. The maximum absolute atomic E-state index is 11.6. The van der Waals surface area contributed by atoms with Gasteiger partial charge in [-0.05, 0) is 31.6 Å². The zero-order valence-corrected chi connectivity index (χ0v) is 10.5. The van der Waals surface area contributed by atoms with Gasteiger partial charge in [0.1, 0.15) is 0 Å². The van der Waals surface area contributed by atoms with E-state index in [0.717, 1.165) is 38.1 Å². The van der Waals surface area contributed by atoms with Crippen LogP contribution in [0.4, 0.5) is 0 Å². The van der Waals surface area contributed by atoms with E-state index in [1.165, 1.54) is 19.3 Å². The molecular weight excluding hydrogens is 216 g/mol. The van der Waals surface area contributed by atoms with E-state index >= 15 is 0 Å². The van der Waals surface area contributed by atoms with Crippen molar-refractivity contribution in [3.63, 3.8) is 0 Å². The van der Waals surface area contributed by atoms with Crippen LogP contribution in [0.1, 0.15) is 44.9 Å².